The van der Waals surface area contributed by atoms with Crippen molar-refractivity contribution in [2.24, 2.45) is 5.41 Å². The molecule has 1 fully saturated rings. The monoisotopic (exact) mass is 307 g/mol. The third-order valence-corrected chi connectivity index (χ3v) is 6.25. The Balaban J connectivity index is 1.82. The number of rotatable bonds is 4. The third-order valence-electron chi connectivity index (χ3n) is 5.25. The number of carboxylic acids is 1. The van der Waals surface area contributed by atoms with Gasteiger partial charge in [0.05, 0.1) is 5.41 Å². The fourth-order valence-corrected chi connectivity index (χ4v) is 5.22. The molecule has 0 radical (unpaired) electrons. The Labute approximate surface area is 131 Å². The largest absolute Gasteiger partial charge is 0.481 e. The average Bonchev–Trinajstić information content (AvgIpc) is 2.96. The molecule has 2 aliphatic rings. The molecule has 2 unspecified atom stereocenters. The molecule has 0 spiro atoms. The lowest BCUT2D eigenvalue weighted by Gasteiger charge is -2.44. The zero-order chi connectivity index (χ0) is 14.9. The first-order chi connectivity index (χ1) is 10.2. The summed E-state index contributed by atoms with van der Waals surface area (Å²) in [5.41, 5.74) is 0.963. The molecule has 1 N–H and O–H groups in total. The number of aryl methyl sites for hydroxylation is 1. The van der Waals surface area contributed by atoms with Crippen molar-refractivity contribution in [2.75, 3.05) is 13.1 Å². The van der Waals surface area contributed by atoms with Crippen molar-refractivity contribution in [1.82, 2.24) is 4.90 Å². The van der Waals surface area contributed by atoms with Crippen LogP contribution in [0.3, 0.4) is 0 Å². The van der Waals surface area contributed by atoms with Crippen molar-refractivity contribution >= 4 is 17.3 Å². The number of piperidine rings is 1. The molecule has 3 nitrogen and oxygen atoms in total. The molecule has 0 amide bonds. The lowest BCUT2D eigenvalue weighted by atomic mass is 9.75. The summed E-state index contributed by atoms with van der Waals surface area (Å²) in [4.78, 5) is 15.9. The molecular formula is C17H25NO2S. The molecule has 1 aromatic heterocycles. The quantitative estimate of drug-likeness (QED) is 0.910. The minimum absolute atomic E-state index is 0.455. The van der Waals surface area contributed by atoms with Crippen LogP contribution in [0.15, 0.2) is 11.4 Å². The van der Waals surface area contributed by atoms with E-state index in [-0.39, 0.29) is 0 Å². The highest BCUT2D eigenvalue weighted by atomic mass is 32.1. The predicted octanol–water partition coefficient (Wildman–Crippen LogP) is 4.09. The van der Waals surface area contributed by atoms with Crippen LogP contribution in [0.2, 0.25) is 0 Å². The van der Waals surface area contributed by atoms with Crippen molar-refractivity contribution in [2.45, 2.75) is 57.9 Å². The second-order valence-corrected chi connectivity index (χ2v) is 7.62. The standard InChI is InChI=1S/C17H25NO2S/c1-2-8-17(16(19)20)9-4-10-18(12-17)14-5-3-6-15-13(14)7-11-21-15/h7,11,14H,2-6,8-10,12H2,1H3,(H,19,20). The van der Waals surface area contributed by atoms with Gasteiger partial charge in [-0.25, -0.2) is 0 Å². The Morgan fingerprint density at radius 2 is 2.38 bits per heavy atom. The summed E-state index contributed by atoms with van der Waals surface area (Å²) in [6.45, 7) is 3.88. The van der Waals surface area contributed by atoms with Crippen LogP contribution in [0, 0.1) is 5.41 Å². The molecule has 0 bridgehead atoms. The summed E-state index contributed by atoms with van der Waals surface area (Å²) in [6.07, 6.45) is 7.25. The van der Waals surface area contributed by atoms with Crippen LogP contribution in [0.5, 0.6) is 0 Å². The Hall–Kier alpha value is -0.870. The van der Waals surface area contributed by atoms with Gasteiger partial charge in [-0.3, -0.25) is 9.69 Å². The fourth-order valence-electron chi connectivity index (χ4n) is 4.24. The van der Waals surface area contributed by atoms with Gasteiger partial charge in [0.1, 0.15) is 0 Å². The summed E-state index contributed by atoms with van der Waals surface area (Å²) in [5.74, 6) is -0.588. The van der Waals surface area contributed by atoms with Gasteiger partial charge in [-0.05, 0) is 62.1 Å². The molecule has 0 aromatic carbocycles. The minimum Gasteiger partial charge on any atom is -0.481 e. The van der Waals surface area contributed by atoms with E-state index in [2.05, 4.69) is 23.3 Å². The van der Waals surface area contributed by atoms with Gasteiger partial charge in [0.2, 0.25) is 0 Å². The van der Waals surface area contributed by atoms with Gasteiger partial charge >= 0.3 is 5.97 Å². The molecule has 1 saturated heterocycles. The van der Waals surface area contributed by atoms with Crippen molar-refractivity contribution < 1.29 is 9.90 Å². The second kappa shape index (κ2) is 6.09. The SMILES string of the molecule is CCCC1(C(=O)O)CCCN(C2CCCc3sccc32)C1. The molecule has 0 saturated carbocycles. The van der Waals surface area contributed by atoms with Crippen molar-refractivity contribution in [3.63, 3.8) is 0 Å². The number of aliphatic carboxylic acids is 1. The number of hydrogen-bond donors (Lipinski definition) is 1. The van der Waals surface area contributed by atoms with Gasteiger partial charge in [-0.15, -0.1) is 11.3 Å². The normalized spacial score (nSPS) is 30.0. The maximum Gasteiger partial charge on any atom is 0.310 e. The highest BCUT2D eigenvalue weighted by Crippen LogP contribution is 2.43. The predicted molar refractivity (Wildman–Crippen MR) is 85.8 cm³/mol. The van der Waals surface area contributed by atoms with Crippen LogP contribution in [0.25, 0.3) is 0 Å². The van der Waals surface area contributed by atoms with E-state index < -0.39 is 11.4 Å². The fraction of sp³-hybridized carbons (Fsp3) is 0.706. The number of carbonyl (C=O) groups is 1. The lowest BCUT2D eigenvalue weighted by molar-refractivity contribution is -0.154. The summed E-state index contributed by atoms with van der Waals surface area (Å²) < 4.78 is 0. The number of carboxylic acid groups (broad SMARTS) is 1. The lowest BCUT2D eigenvalue weighted by Crippen LogP contribution is -2.49. The van der Waals surface area contributed by atoms with E-state index in [4.69, 9.17) is 0 Å². The molecule has 4 heteroatoms. The first kappa shape index (κ1) is 15.0. The highest BCUT2D eigenvalue weighted by molar-refractivity contribution is 7.10. The molecule has 21 heavy (non-hydrogen) atoms. The molecule has 116 valence electrons. The van der Waals surface area contributed by atoms with E-state index in [1.807, 2.05) is 11.3 Å². The molecule has 2 atom stereocenters. The first-order valence-electron chi connectivity index (χ1n) is 8.20. The van der Waals surface area contributed by atoms with E-state index in [0.717, 1.165) is 38.8 Å². The van der Waals surface area contributed by atoms with Gasteiger partial charge in [-0.1, -0.05) is 13.3 Å². The van der Waals surface area contributed by atoms with Gasteiger partial charge in [0, 0.05) is 17.5 Å². The molecular weight excluding hydrogens is 282 g/mol. The summed E-state index contributed by atoms with van der Waals surface area (Å²) in [5, 5.41) is 12.0. The van der Waals surface area contributed by atoms with E-state index >= 15 is 0 Å². The minimum atomic E-state index is -0.588. The topological polar surface area (TPSA) is 40.5 Å². The molecule has 1 aliphatic carbocycles. The smallest absolute Gasteiger partial charge is 0.310 e. The maximum atomic E-state index is 11.9. The third kappa shape index (κ3) is 2.76. The van der Waals surface area contributed by atoms with Crippen LogP contribution in [-0.2, 0) is 11.2 Å². The van der Waals surface area contributed by atoms with Crippen LogP contribution >= 0.6 is 11.3 Å². The Morgan fingerprint density at radius 1 is 1.52 bits per heavy atom. The van der Waals surface area contributed by atoms with Gasteiger partial charge in [0.15, 0.2) is 0 Å². The van der Waals surface area contributed by atoms with Crippen LogP contribution in [-0.4, -0.2) is 29.1 Å². The Morgan fingerprint density at radius 3 is 3.14 bits per heavy atom. The molecule has 1 aromatic rings. The van der Waals surface area contributed by atoms with Crippen LogP contribution < -0.4 is 0 Å². The Kier molecular flexibility index (Phi) is 4.36. The van der Waals surface area contributed by atoms with Crippen LogP contribution in [0.4, 0.5) is 0 Å². The highest BCUT2D eigenvalue weighted by Gasteiger charge is 2.43. The molecule has 3 rings (SSSR count). The summed E-state index contributed by atoms with van der Waals surface area (Å²) >= 11 is 1.87. The van der Waals surface area contributed by atoms with Gasteiger partial charge in [-0.2, -0.15) is 0 Å². The maximum absolute atomic E-state index is 11.9. The van der Waals surface area contributed by atoms with E-state index in [1.54, 1.807) is 0 Å². The first-order valence-corrected chi connectivity index (χ1v) is 9.08. The Bertz CT molecular complexity index is 509. The van der Waals surface area contributed by atoms with Gasteiger partial charge < -0.3 is 5.11 Å². The molecule has 2 heterocycles. The average molecular weight is 307 g/mol. The number of fused-ring (bicyclic) bond motifs is 1. The van der Waals surface area contributed by atoms with Crippen molar-refractivity contribution in [3.8, 4) is 0 Å². The van der Waals surface area contributed by atoms with E-state index in [1.165, 1.54) is 29.7 Å². The zero-order valence-corrected chi connectivity index (χ0v) is 13.6. The van der Waals surface area contributed by atoms with E-state index in [0.29, 0.717) is 6.04 Å². The van der Waals surface area contributed by atoms with Crippen molar-refractivity contribution in [3.05, 3.63) is 21.9 Å². The van der Waals surface area contributed by atoms with Crippen LogP contribution in [0.1, 0.15) is 61.9 Å². The second-order valence-electron chi connectivity index (χ2n) is 6.62. The number of hydrogen-bond acceptors (Lipinski definition) is 3. The van der Waals surface area contributed by atoms with E-state index in [9.17, 15) is 9.90 Å². The molecule has 1 aliphatic heterocycles. The number of likely N-dealkylation sites (tertiary alicyclic amines) is 1. The zero-order valence-electron chi connectivity index (χ0n) is 12.8. The number of nitrogens with zero attached hydrogens (tertiary/aromatic N) is 1. The van der Waals surface area contributed by atoms with Gasteiger partial charge in [0.25, 0.3) is 0 Å². The van der Waals surface area contributed by atoms with Crippen molar-refractivity contribution in [1.29, 1.82) is 0 Å². The summed E-state index contributed by atoms with van der Waals surface area (Å²) in [6, 6.07) is 2.72. The number of thiophene rings is 1. The summed E-state index contributed by atoms with van der Waals surface area (Å²) in [7, 11) is 0.